The van der Waals surface area contributed by atoms with Crippen molar-refractivity contribution in [2.75, 3.05) is 27.4 Å². The normalized spacial score (nSPS) is 11.9. The molecule has 0 fully saturated rings. The van der Waals surface area contributed by atoms with Crippen LogP contribution < -0.4 is 20.1 Å². The molecule has 1 heterocycles. The van der Waals surface area contributed by atoms with Gasteiger partial charge in [-0.05, 0) is 45.4 Å². The van der Waals surface area contributed by atoms with E-state index in [0.29, 0.717) is 42.0 Å². The number of ether oxygens (including phenoxy) is 3. The quantitative estimate of drug-likeness (QED) is 0.206. The highest BCUT2D eigenvalue weighted by Gasteiger charge is 2.20. The van der Waals surface area contributed by atoms with Crippen molar-refractivity contribution in [3.05, 3.63) is 39.3 Å². The van der Waals surface area contributed by atoms with E-state index in [9.17, 15) is 4.79 Å². The first-order valence-corrected chi connectivity index (χ1v) is 10.7. The molecule has 0 amide bonds. The van der Waals surface area contributed by atoms with Crippen molar-refractivity contribution in [1.82, 2.24) is 15.6 Å². The Hall–Kier alpha value is -2.08. The number of aromatic nitrogens is 1. The summed E-state index contributed by atoms with van der Waals surface area (Å²) in [5, 5.41) is 7.38. The molecule has 2 N–H and O–H groups in total. The molecule has 0 saturated carbocycles. The third-order valence-electron chi connectivity index (χ3n) is 4.21. The number of methoxy groups -OCH3 is 1. The predicted molar refractivity (Wildman–Crippen MR) is 134 cm³/mol. The Balaban J connectivity index is 0.00000480. The number of hydrogen-bond acceptors (Lipinski definition) is 7. The number of nitrogens with zero attached hydrogens (tertiary/aromatic N) is 2. The summed E-state index contributed by atoms with van der Waals surface area (Å²) in [5.41, 5.74) is 1.70. The van der Waals surface area contributed by atoms with E-state index in [1.807, 2.05) is 39.0 Å². The van der Waals surface area contributed by atoms with Crippen LogP contribution in [0.1, 0.15) is 52.7 Å². The summed E-state index contributed by atoms with van der Waals surface area (Å²) < 4.78 is 16.0. The largest absolute Gasteiger partial charge is 0.493 e. The zero-order chi connectivity index (χ0) is 22.1. The highest BCUT2D eigenvalue weighted by Crippen LogP contribution is 2.28. The van der Waals surface area contributed by atoms with E-state index in [1.54, 1.807) is 21.1 Å². The summed E-state index contributed by atoms with van der Waals surface area (Å²) >= 11 is 1.33. The van der Waals surface area contributed by atoms with Gasteiger partial charge in [0.1, 0.15) is 9.88 Å². The standard InChI is InChI=1S/C21H30N4O4S.HI/c1-7-28-16-10-9-15(11-17(16)27-6)12-23-21(22-5)25-14(4)19-24-13(3)18(30-19)20(26)29-8-2;/h9-11,14H,7-8,12H2,1-6H3,(H2,22,23,25);1H. The van der Waals surface area contributed by atoms with E-state index in [1.165, 1.54) is 11.3 Å². The number of carbonyl (C=O) groups excluding carboxylic acids is 1. The van der Waals surface area contributed by atoms with Crippen LogP contribution in [0.25, 0.3) is 0 Å². The molecule has 0 spiro atoms. The van der Waals surface area contributed by atoms with Crippen LogP contribution in [-0.2, 0) is 11.3 Å². The van der Waals surface area contributed by atoms with Crippen LogP contribution in [0.3, 0.4) is 0 Å². The fraction of sp³-hybridized carbons (Fsp3) is 0.476. The number of guanidine groups is 1. The lowest BCUT2D eigenvalue weighted by atomic mass is 10.2. The van der Waals surface area contributed by atoms with E-state index in [4.69, 9.17) is 14.2 Å². The van der Waals surface area contributed by atoms with Crippen molar-refractivity contribution in [2.45, 2.75) is 40.3 Å². The van der Waals surface area contributed by atoms with E-state index in [-0.39, 0.29) is 36.0 Å². The van der Waals surface area contributed by atoms with Crippen molar-refractivity contribution in [3.8, 4) is 11.5 Å². The highest BCUT2D eigenvalue weighted by molar-refractivity contribution is 14.0. The van der Waals surface area contributed by atoms with Crippen LogP contribution in [0, 0.1) is 6.92 Å². The topological polar surface area (TPSA) is 94.1 Å². The minimum Gasteiger partial charge on any atom is -0.493 e. The first-order chi connectivity index (χ1) is 14.4. The van der Waals surface area contributed by atoms with Gasteiger partial charge < -0.3 is 24.8 Å². The predicted octanol–water partition coefficient (Wildman–Crippen LogP) is 4.08. The summed E-state index contributed by atoms with van der Waals surface area (Å²) in [6.45, 7) is 8.98. The number of carbonyl (C=O) groups is 1. The number of thiazole rings is 1. The van der Waals surface area contributed by atoms with E-state index in [0.717, 1.165) is 16.3 Å². The Morgan fingerprint density at radius 1 is 1.26 bits per heavy atom. The maximum absolute atomic E-state index is 12.0. The number of rotatable bonds is 9. The molecule has 1 aromatic heterocycles. The molecular formula is C21H31IN4O4S. The summed E-state index contributed by atoms with van der Waals surface area (Å²) in [4.78, 5) is 21.3. The highest BCUT2D eigenvalue weighted by atomic mass is 127. The van der Waals surface area contributed by atoms with Crippen LogP contribution in [0.5, 0.6) is 11.5 Å². The van der Waals surface area contributed by atoms with Gasteiger partial charge in [0.05, 0.1) is 32.1 Å². The van der Waals surface area contributed by atoms with Gasteiger partial charge >= 0.3 is 5.97 Å². The Bertz CT molecular complexity index is 888. The summed E-state index contributed by atoms with van der Waals surface area (Å²) in [5.74, 6) is 1.70. The van der Waals surface area contributed by atoms with Crippen molar-refractivity contribution in [1.29, 1.82) is 0 Å². The number of esters is 1. The Labute approximate surface area is 204 Å². The zero-order valence-electron chi connectivity index (χ0n) is 18.8. The van der Waals surface area contributed by atoms with Crippen molar-refractivity contribution in [2.24, 2.45) is 4.99 Å². The molecular weight excluding hydrogens is 531 g/mol. The van der Waals surface area contributed by atoms with Gasteiger partial charge in [-0.25, -0.2) is 9.78 Å². The molecule has 1 atom stereocenters. The molecule has 10 heteroatoms. The molecule has 0 saturated heterocycles. The molecule has 0 aliphatic rings. The van der Waals surface area contributed by atoms with Crippen molar-refractivity contribution in [3.63, 3.8) is 0 Å². The van der Waals surface area contributed by atoms with Gasteiger partial charge in [0.2, 0.25) is 0 Å². The molecule has 0 aliphatic heterocycles. The maximum Gasteiger partial charge on any atom is 0.350 e. The summed E-state index contributed by atoms with van der Waals surface area (Å²) in [6, 6.07) is 5.68. The third kappa shape index (κ3) is 7.53. The molecule has 1 unspecified atom stereocenters. The molecule has 172 valence electrons. The fourth-order valence-electron chi connectivity index (χ4n) is 2.73. The maximum atomic E-state index is 12.0. The average molecular weight is 562 g/mol. The molecule has 0 bridgehead atoms. The van der Waals surface area contributed by atoms with Crippen LogP contribution in [0.15, 0.2) is 23.2 Å². The smallest absolute Gasteiger partial charge is 0.350 e. The van der Waals surface area contributed by atoms with Crippen molar-refractivity contribution < 1.29 is 19.0 Å². The van der Waals surface area contributed by atoms with Gasteiger partial charge in [-0.15, -0.1) is 35.3 Å². The lowest BCUT2D eigenvalue weighted by Gasteiger charge is -2.17. The third-order valence-corrected chi connectivity index (χ3v) is 5.53. The van der Waals surface area contributed by atoms with Crippen LogP contribution in [-0.4, -0.2) is 44.3 Å². The van der Waals surface area contributed by atoms with Gasteiger partial charge in [-0.3, -0.25) is 4.99 Å². The molecule has 0 aliphatic carbocycles. The van der Waals surface area contributed by atoms with Gasteiger partial charge in [-0.1, -0.05) is 6.07 Å². The zero-order valence-corrected chi connectivity index (χ0v) is 21.9. The van der Waals surface area contributed by atoms with Gasteiger partial charge in [-0.2, -0.15) is 0 Å². The summed E-state index contributed by atoms with van der Waals surface area (Å²) in [6.07, 6.45) is 0. The Morgan fingerprint density at radius 3 is 2.61 bits per heavy atom. The Kier molecular flexibility index (Phi) is 11.6. The monoisotopic (exact) mass is 562 g/mol. The number of benzene rings is 1. The van der Waals surface area contributed by atoms with E-state index >= 15 is 0 Å². The van der Waals surface area contributed by atoms with E-state index < -0.39 is 0 Å². The number of nitrogens with one attached hydrogen (secondary N) is 2. The van der Waals surface area contributed by atoms with Gasteiger partial charge in [0.25, 0.3) is 0 Å². The number of hydrogen-bond donors (Lipinski definition) is 2. The molecule has 2 aromatic rings. The Morgan fingerprint density at radius 2 is 2.00 bits per heavy atom. The second kappa shape index (κ2) is 13.4. The van der Waals surface area contributed by atoms with Crippen LogP contribution in [0.4, 0.5) is 0 Å². The molecule has 8 nitrogen and oxygen atoms in total. The first-order valence-electron chi connectivity index (χ1n) is 9.84. The first kappa shape index (κ1) is 27.0. The minimum absolute atomic E-state index is 0. The van der Waals surface area contributed by atoms with Crippen LogP contribution in [0.2, 0.25) is 0 Å². The molecule has 2 rings (SSSR count). The van der Waals surface area contributed by atoms with Crippen LogP contribution >= 0.6 is 35.3 Å². The SMILES string of the molecule is CCOC(=O)c1sc(C(C)NC(=NC)NCc2ccc(OCC)c(OC)c2)nc1C.I. The van der Waals surface area contributed by atoms with E-state index in [2.05, 4.69) is 20.6 Å². The number of aliphatic imine (C=N–C) groups is 1. The minimum atomic E-state index is -0.335. The fourth-order valence-corrected chi connectivity index (χ4v) is 3.70. The molecule has 1 aromatic carbocycles. The lowest BCUT2D eigenvalue weighted by Crippen LogP contribution is -2.38. The second-order valence-electron chi connectivity index (χ2n) is 6.40. The van der Waals surface area contributed by atoms with Gasteiger partial charge in [0.15, 0.2) is 17.5 Å². The molecule has 0 radical (unpaired) electrons. The van der Waals surface area contributed by atoms with Crippen molar-refractivity contribution >= 4 is 47.2 Å². The second-order valence-corrected chi connectivity index (χ2v) is 7.43. The number of aryl methyl sites for hydroxylation is 1. The summed E-state index contributed by atoms with van der Waals surface area (Å²) in [7, 11) is 3.33. The van der Waals surface area contributed by atoms with Gasteiger partial charge in [0, 0.05) is 13.6 Å². The lowest BCUT2D eigenvalue weighted by molar-refractivity contribution is 0.0531. The number of halogens is 1. The molecule has 31 heavy (non-hydrogen) atoms. The average Bonchev–Trinajstić information content (AvgIpc) is 3.14.